The Morgan fingerprint density at radius 3 is 2.22 bits per heavy atom. The number of nitrogen functional groups attached to an aromatic ring is 1. The molecule has 3 aromatic rings. The average molecular weight is 610 g/mol. The first-order chi connectivity index (χ1) is 21.8. The van der Waals surface area contributed by atoms with Crippen LogP contribution >= 0.6 is 0 Å². The van der Waals surface area contributed by atoms with Gasteiger partial charge in [-0.15, -0.1) is 10.2 Å². The quantitative estimate of drug-likeness (QED) is 0.377. The second kappa shape index (κ2) is 9.65. The van der Waals surface area contributed by atoms with Gasteiger partial charge in [0.25, 0.3) is 0 Å². The number of anilines is 4. The lowest BCUT2D eigenvalue weighted by atomic mass is 9.49. The number of piperazine rings is 1. The molecule has 6 heterocycles. The molecular weight excluding hydrogens is 570 g/mol. The monoisotopic (exact) mass is 609 g/mol. The Bertz CT molecular complexity index is 1630. The predicted octanol–water partition coefficient (Wildman–Crippen LogP) is 2.84. The summed E-state index contributed by atoms with van der Waals surface area (Å²) in [5.41, 5.74) is 10.2. The van der Waals surface area contributed by atoms with Gasteiger partial charge in [0.1, 0.15) is 5.75 Å². The van der Waals surface area contributed by atoms with E-state index < -0.39 is 5.97 Å². The summed E-state index contributed by atoms with van der Waals surface area (Å²) >= 11 is 0. The van der Waals surface area contributed by atoms with E-state index in [1.54, 1.807) is 12.1 Å². The van der Waals surface area contributed by atoms with Crippen LogP contribution in [0.3, 0.4) is 0 Å². The van der Waals surface area contributed by atoms with Crippen molar-refractivity contribution in [3.8, 4) is 17.0 Å². The number of aliphatic carboxylic acids is 1. The van der Waals surface area contributed by atoms with Crippen molar-refractivity contribution in [2.45, 2.75) is 56.7 Å². The van der Waals surface area contributed by atoms with E-state index >= 15 is 0 Å². The second-order valence-electron chi connectivity index (χ2n) is 14.7. The molecule has 12 heteroatoms. The number of phenolic OH excluding ortho intramolecular Hbond substituents is 1. The van der Waals surface area contributed by atoms with Crippen LogP contribution in [0.1, 0.15) is 38.5 Å². The first-order valence-corrected chi connectivity index (χ1v) is 16.3. The Hall–Kier alpha value is -4.19. The van der Waals surface area contributed by atoms with Crippen LogP contribution in [0.25, 0.3) is 11.3 Å². The smallest absolute Gasteiger partial charge is 0.306 e. The minimum Gasteiger partial charge on any atom is -0.507 e. The molecule has 2 aliphatic carbocycles. The molecule has 6 fully saturated rings. The maximum atomic E-state index is 11.2. The molecule has 4 saturated heterocycles. The number of fused-ring (bicyclic) bond motifs is 2. The molecule has 6 aliphatic rings. The minimum atomic E-state index is -0.612. The summed E-state index contributed by atoms with van der Waals surface area (Å²) in [5, 5.41) is 28.0. The number of carboxylic acids is 1. The van der Waals surface area contributed by atoms with Crippen LogP contribution in [-0.2, 0) is 4.79 Å². The number of carboxylic acid groups (broad SMARTS) is 1. The van der Waals surface area contributed by atoms with E-state index in [4.69, 9.17) is 15.7 Å². The van der Waals surface area contributed by atoms with Gasteiger partial charge in [-0.25, -0.2) is 9.97 Å². The van der Waals surface area contributed by atoms with Crippen LogP contribution in [0.2, 0.25) is 0 Å². The summed E-state index contributed by atoms with van der Waals surface area (Å²) in [6.07, 6.45) is 10.3. The Balaban J connectivity index is 0.804. The maximum absolute atomic E-state index is 11.2. The summed E-state index contributed by atoms with van der Waals surface area (Å²) in [6.45, 7) is 6.02. The van der Waals surface area contributed by atoms with E-state index in [-0.39, 0.29) is 23.8 Å². The third-order valence-electron chi connectivity index (χ3n) is 11.7. The third-order valence-corrected chi connectivity index (χ3v) is 11.7. The lowest BCUT2D eigenvalue weighted by molar-refractivity contribution is -0.169. The fourth-order valence-electron chi connectivity index (χ4n) is 9.41. The number of likely N-dealkylation sites (tertiary alicyclic amines) is 1. The zero-order valence-corrected chi connectivity index (χ0v) is 25.3. The zero-order chi connectivity index (χ0) is 30.5. The SMILES string of the molecule is Nc1nnc(-c2ccccc2O)cc1N1CC2CCC(C1)N2c1ncc(N2CC3(C2)CN(C2CC4(CC(C(=O)O)C4)C2)C3)cn1. The van der Waals surface area contributed by atoms with Gasteiger partial charge in [-0.3, -0.25) is 9.69 Å². The van der Waals surface area contributed by atoms with E-state index in [1.165, 1.54) is 12.8 Å². The number of benzene rings is 1. The summed E-state index contributed by atoms with van der Waals surface area (Å²) < 4.78 is 0. The Morgan fingerprint density at radius 1 is 0.867 bits per heavy atom. The van der Waals surface area contributed by atoms with Gasteiger partial charge in [0.05, 0.1) is 35.4 Å². The third kappa shape index (κ3) is 4.32. The zero-order valence-electron chi connectivity index (χ0n) is 25.3. The van der Waals surface area contributed by atoms with Crippen molar-refractivity contribution in [2.24, 2.45) is 16.7 Å². The van der Waals surface area contributed by atoms with Crippen molar-refractivity contribution in [3.05, 3.63) is 42.7 Å². The van der Waals surface area contributed by atoms with Crippen LogP contribution in [-0.4, -0.2) is 98.6 Å². The van der Waals surface area contributed by atoms with E-state index in [2.05, 4.69) is 29.8 Å². The van der Waals surface area contributed by atoms with Crippen LogP contribution in [0, 0.1) is 16.7 Å². The highest BCUT2D eigenvalue weighted by Crippen LogP contribution is 2.61. The fourth-order valence-corrected chi connectivity index (χ4v) is 9.41. The van der Waals surface area contributed by atoms with Gasteiger partial charge in [-0.1, -0.05) is 12.1 Å². The molecule has 2 aromatic heterocycles. The number of hydrogen-bond acceptors (Lipinski definition) is 11. The summed E-state index contributed by atoms with van der Waals surface area (Å²) in [5.74, 6) is 0.654. The number of phenols is 1. The largest absolute Gasteiger partial charge is 0.507 e. The van der Waals surface area contributed by atoms with Crippen LogP contribution < -0.4 is 20.4 Å². The van der Waals surface area contributed by atoms with E-state index in [9.17, 15) is 15.0 Å². The molecule has 2 spiro atoms. The predicted molar refractivity (Wildman–Crippen MR) is 169 cm³/mol. The molecule has 1 aromatic carbocycles. The van der Waals surface area contributed by atoms with Crippen molar-refractivity contribution in [1.82, 2.24) is 25.1 Å². The molecule has 9 rings (SSSR count). The van der Waals surface area contributed by atoms with Crippen molar-refractivity contribution >= 4 is 29.1 Å². The average Bonchev–Trinajstić information content (AvgIpc) is 3.21. The highest BCUT2D eigenvalue weighted by Gasteiger charge is 2.60. The van der Waals surface area contributed by atoms with Gasteiger partial charge >= 0.3 is 5.97 Å². The number of nitrogens with zero attached hydrogens (tertiary/aromatic N) is 8. The minimum absolute atomic E-state index is 0.100. The van der Waals surface area contributed by atoms with Crippen molar-refractivity contribution in [3.63, 3.8) is 0 Å². The highest BCUT2D eigenvalue weighted by atomic mass is 16.4. The first kappa shape index (κ1) is 27.1. The molecule has 2 atom stereocenters. The second-order valence-corrected chi connectivity index (χ2v) is 14.7. The topological polar surface area (TPSA) is 148 Å². The molecular formula is C33H39N9O3. The van der Waals surface area contributed by atoms with Gasteiger partial charge in [-0.2, -0.15) is 0 Å². The Labute approximate surface area is 261 Å². The standard InChI is InChI=1S/C33H39N9O3/c34-29-27(7-26(37-38-29)25-3-1-2-4-28(25)43)39-14-21-5-6-22(15-39)42(21)31-35-12-24(13-36-31)41-18-33(19-41)16-40(17-33)23-10-32(11-23)8-20(9-32)30(44)45/h1-4,7,12-13,20-23,43H,5-6,8-11,14-19H2,(H2,34,38)(H,44,45). The van der Waals surface area contributed by atoms with Gasteiger partial charge in [0.2, 0.25) is 5.95 Å². The van der Waals surface area contributed by atoms with E-state index in [1.807, 2.05) is 30.6 Å². The van der Waals surface area contributed by atoms with Crippen LogP contribution in [0.5, 0.6) is 5.75 Å². The number of carbonyl (C=O) groups is 1. The Kier molecular flexibility index (Phi) is 5.82. The van der Waals surface area contributed by atoms with Gasteiger partial charge in [-0.05, 0) is 62.1 Å². The van der Waals surface area contributed by atoms with E-state index in [0.29, 0.717) is 33.9 Å². The number of aromatic hydroxyl groups is 1. The lowest BCUT2D eigenvalue weighted by Gasteiger charge is -2.67. The number of para-hydroxylation sites is 1. The molecule has 2 saturated carbocycles. The number of hydrogen-bond donors (Lipinski definition) is 3. The molecule has 0 amide bonds. The molecule has 2 unspecified atom stereocenters. The normalized spacial score (nSPS) is 31.3. The molecule has 2 bridgehead atoms. The maximum Gasteiger partial charge on any atom is 0.306 e. The Morgan fingerprint density at radius 2 is 1.56 bits per heavy atom. The van der Waals surface area contributed by atoms with Gasteiger partial charge in [0.15, 0.2) is 5.82 Å². The molecule has 4 aliphatic heterocycles. The lowest BCUT2D eigenvalue weighted by Crippen LogP contribution is -2.75. The van der Waals surface area contributed by atoms with Crippen LogP contribution in [0.15, 0.2) is 42.7 Å². The van der Waals surface area contributed by atoms with Crippen LogP contribution in [0.4, 0.5) is 23.1 Å². The number of rotatable bonds is 6. The molecule has 234 valence electrons. The summed E-state index contributed by atoms with van der Waals surface area (Å²) in [7, 11) is 0. The first-order valence-electron chi connectivity index (χ1n) is 16.3. The summed E-state index contributed by atoms with van der Waals surface area (Å²) in [6, 6.07) is 10.3. The fraction of sp³-hybridized carbons (Fsp3) is 0.545. The number of aromatic nitrogens is 4. The molecule has 45 heavy (non-hydrogen) atoms. The molecule has 4 N–H and O–H groups in total. The molecule has 0 radical (unpaired) electrons. The summed E-state index contributed by atoms with van der Waals surface area (Å²) in [4.78, 5) is 30.6. The van der Waals surface area contributed by atoms with Crippen molar-refractivity contribution in [1.29, 1.82) is 0 Å². The van der Waals surface area contributed by atoms with E-state index in [0.717, 1.165) is 82.3 Å². The van der Waals surface area contributed by atoms with Crippen molar-refractivity contribution < 1.29 is 15.0 Å². The van der Waals surface area contributed by atoms with Crippen molar-refractivity contribution in [2.75, 3.05) is 59.7 Å². The number of nitrogens with two attached hydrogens (primary N) is 1. The van der Waals surface area contributed by atoms with Gasteiger partial charge < -0.3 is 30.6 Å². The molecule has 12 nitrogen and oxygen atoms in total. The highest BCUT2D eigenvalue weighted by molar-refractivity contribution is 5.74. The van der Waals surface area contributed by atoms with Gasteiger partial charge in [0, 0.05) is 68.4 Å².